The predicted octanol–water partition coefficient (Wildman–Crippen LogP) is 4.80. The van der Waals surface area contributed by atoms with Crippen molar-refractivity contribution in [2.24, 2.45) is 0 Å². The highest BCUT2D eigenvalue weighted by atomic mass is 35.5. The number of hydrogen-bond donors (Lipinski definition) is 1. The van der Waals surface area contributed by atoms with Crippen molar-refractivity contribution in [3.05, 3.63) is 65.3 Å². The molecule has 2 aromatic carbocycles. The number of carbonyl (C=O) groups excluding carboxylic acids is 1. The van der Waals surface area contributed by atoms with Gasteiger partial charge >= 0.3 is 0 Å². The van der Waals surface area contributed by atoms with Crippen molar-refractivity contribution in [1.29, 1.82) is 0 Å². The first-order valence-corrected chi connectivity index (χ1v) is 7.56. The highest BCUT2D eigenvalue weighted by molar-refractivity contribution is 6.31. The van der Waals surface area contributed by atoms with Gasteiger partial charge in [0, 0.05) is 27.8 Å². The van der Waals surface area contributed by atoms with Crippen LogP contribution in [-0.4, -0.2) is 10.5 Å². The highest BCUT2D eigenvalue weighted by Gasteiger charge is 2.16. The van der Waals surface area contributed by atoms with Gasteiger partial charge in [0.1, 0.15) is 6.04 Å². The Morgan fingerprint density at radius 2 is 1.86 bits per heavy atom. The van der Waals surface area contributed by atoms with Crippen molar-refractivity contribution in [3.63, 3.8) is 0 Å². The number of aromatic nitrogens is 1. The molecule has 4 heteroatoms. The molecule has 1 heterocycles. The molecule has 112 valence electrons. The summed E-state index contributed by atoms with van der Waals surface area (Å²) in [4.78, 5) is 12.4. The van der Waals surface area contributed by atoms with Crippen molar-refractivity contribution in [1.82, 2.24) is 4.57 Å². The van der Waals surface area contributed by atoms with Gasteiger partial charge in [0.25, 0.3) is 0 Å². The SMILES string of the molecule is Cc1ccc(NC(=O)C(C)n2ccc3cc(Cl)ccc32)cc1. The average molecular weight is 313 g/mol. The Morgan fingerprint density at radius 3 is 2.59 bits per heavy atom. The van der Waals surface area contributed by atoms with Crippen molar-refractivity contribution in [2.45, 2.75) is 19.9 Å². The molecule has 0 aliphatic heterocycles. The fourth-order valence-electron chi connectivity index (χ4n) is 2.48. The van der Waals surface area contributed by atoms with Crippen LogP contribution in [0.5, 0.6) is 0 Å². The summed E-state index contributed by atoms with van der Waals surface area (Å²) in [6.45, 7) is 3.91. The lowest BCUT2D eigenvalue weighted by Crippen LogP contribution is -2.23. The van der Waals surface area contributed by atoms with Crippen molar-refractivity contribution in [2.75, 3.05) is 5.32 Å². The molecule has 0 fully saturated rings. The third-order valence-electron chi connectivity index (χ3n) is 3.80. The van der Waals surface area contributed by atoms with E-state index in [2.05, 4.69) is 5.32 Å². The number of halogens is 1. The summed E-state index contributed by atoms with van der Waals surface area (Å²) in [6.07, 6.45) is 1.92. The lowest BCUT2D eigenvalue weighted by Gasteiger charge is -2.15. The average Bonchev–Trinajstić information content (AvgIpc) is 2.91. The zero-order valence-electron chi connectivity index (χ0n) is 12.5. The normalized spacial score (nSPS) is 12.3. The summed E-state index contributed by atoms with van der Waals surface area (Å²) in [5, 5.41) is 4.67. The fraction of sp³-hybridized carbons (Fsp3) is 0.167. The van der Waals surface area contributed by atoms with E-state index in [9.17, 15) is 4.79 Å². The topological polar surface area (TPSA) is 34.0 Å². The van der Waals surface area contributed by atoms with E-state index in [4.69, 9.17) is 11.6 Å². The second-order valence-corrected chi connectivity index (χ2v) is 5.89. The molecule has 0 spiro atoms. The third-order valence-corrected chi connectivity index (χ3v) is 4.03. The van der Waals surface area contributed by atoms with E-state index < -0.39 is 0 Å². The number of aryl methyl sites for hydroxylation is 1. The number of benzene rings is 2. The van der Waals surface area contributed by atoms with Crippen LogP contribution in [0.4, 0.5) is 5.69 Å². The van der Waals surface area contributed by atoms with Crippen molar-refractivity contribution < 1.29 is 4.79 Å². The molecule has 1 unspecified atom stereocenters. The van der Waals surface area contributed by atoms with Gasteiger partial charge in [-0.15, -0.1) is 0 Å². The molecule has 0 aliphatic rings. The molecule has 3 rings (SSSR count). The van der Waals surface area contributed by atoms with Crippen LogP contribution in [-0.2, 0) is 4.79 Å². The molecule has 0 saturated heterocycles. The zero-order valence-corrected chi connectivity index (χ0v) is 13.3. The first-order chi connectivity index (χ1) is 10.5. The second kappa shape index (κ2) is 5.85. The van der Waals surface area contributed by atoms with Gasteiger partial charge in [-0.3, -0.25) is 4.79 Å². The summed E-state index contributed by atoms with van der Waals surface area (Å²) < 4.78 is 1.95. The van der Waals surface area contributed by atoms with Crippen molar-refractivity contribution >= 4 is 34.1 Å². The third kappa shape index (κ3) is 2.85. The standard InChI is InChI=1S/C18H17ClN2O/c1-12-3-6-16(7-4-12)20-18(22)13(2)21-10-9-14-11-15(19)5-8-17(14)21/h3-11,13H,1-2H3,(H,20,22). The zero-order chi connectivity index (χ0) is 15.7. The molecule has 3 aromatic rings. The Kier molecular flexibility index (Phi) is 3.90. The predicted molar refractivity (Wildman–Crippen MR) is 91.5 cm³/mol. The van der Waals surface area contributed by atoms with Gasteiger partial charge < -0.3 is 9.88 Å². The molecule has 3 nitrogen and oxygen atoms in total. The Morgan fingerprint density at radius 1 is 1.14 bits per heavy atom. The van der Waals surface area contributed by atoms with Crippen LogP contribution < -0.4 is 5.32 Å². The number of nitrogens with zero attached hydrogens (tertiary/aromatic N) is 1. The van der Waals surface area contributed by atoms with E-state index in [-0.39, 0.29) is 11.9 Å². The van der Waals surface area contributed by atoms with E-state index in [1.165, 1.54) is 5.56 Å². The van der Waals surface area contributed by atoms with Crippen LogP contribution in [0.25, 0.3) is 10.9 Å². The number of nitrogens with one attached hydrogen (secondary N) is 1. The first kappa shape index (κ1) is 14.7. The largest absolute Gasteiger partial charge is 0.335 e. The molecule has 0 aliphatic carbocycles. The van der Waals surface area contributed by atoms with Gasteiger partial charge in [-0.05, 0) is 50.2 Å². The minimum absolute atomic E-state index is 0.0451. The fourth-order valence-corrected chi connectivity index (χ4v) is 2.66. The summed E-state index contributed by atoms with van der Waals surface area (Å²) in [5.74, 6) is -0.0451. The van der Waals surface area contributed by atoms with Crippen LogP contribution in [0.15, 0.2) is 54.7 Å². The summed E-state index contributed by atoms with van der Waals surface area (Å²) in [7, 11) is 0. The number of carbonyl (C=O) groups is 1. The van der Waals surface area contributed by atoms with Crippen LogP contribution in [0.1, 0.15) is 18.5 Å². The Bertz CT molecular complexity index is 821. The van der Waals surface area contributed by atoms with Gasteiger partial charge in [0.15, 0.2) is 0 Å². The van der Waals surface area contributed by atoms with E-state index in [1.807, 2.05) is 73.1 Å². The lowest BCUT2D eigenvalue weighted by molar-refractivity contribution is -0.118. The lowest BCUT2D eigenvalue weighted by atomic mass is 10.2. The van der Waals surface area contributed by atoms with Gasteiger partial charge in [0.05, 0.1) is 0 Å². The molecule has 1 atom stereocenters. The molecule has 0 bridgehead atoms. The maximum Gasteiger partial charge on any atom is 0.247 e. The minimum atomic E-state index is -0.306. The van der Waals surface area contributed by atoms with E-state index >= 15 is 0 Å². The van der Waals surface area contributed by atoms with E-state index in [0.29, 0.717) is 5.02 Å². The van der Waals surface area contributed by atoms with Crippen LogP contribution in [0.3, 0.4) is 0 Å². The maximum atomic E-state index is 12.4. The van der Waals surface area contributed by atoms with Gasteiger partial charge in [0.2, 0.25) is 5.91 Å². The molecule has 0 radical (unpaired) electrons. The molecular formula is C18H17ClN2O. The van der Waals surface area contributed by atoms with Gasteiger partial charge in [-0.2, -0.15) is 0 Å². The van der Waals surface area contributed by atoms with Crippen LogP contribution in [0, 0.1) is 6.92 Å². The summed E-state index contributed by atoms with van der Waals surface area (Å²) in [5.41, 5.74) is 2.97. The summed E-state index contributed by atoms with van der Waals surface area (Å²) in [6, 6.07) is 15.1. The molecule has 1 amide bonds. The second-order valence-electron chi connectivity index (χ2n) is 5.46. The molecular weight excluding hydrogens is 296 g/mol. The smallest absolute Gasteiger partial charge is 0.247 e. The Hall–Kier alpha value is -2.26. The quantitative estimate of drug-likeness (QED) is 0.740. The minimum Gasteiger partial charge on any atom is -0.335 e. The van der Waals surface area contributed by atoms with Crippen LogP contribution >= 0.6 is 11.6 Å². The van der Waals surface area contributed by atoms with E-state index in [0.717, 1.165) is 16.6 Å². The molecule has 22 heavy (non-hydrogen) atoms. The first-order valence-electron chi connectivity index (χ1n) is 7.18. The Labute approximate surface area is 134 Å². The number of amides is 1. The molecule has 1 N–H and O–H groups in total. The van der Waals surface area contributed by atoms with Crippen molar-refractivity contribution in [3.8, 4) is 0 Å². The van der Waals surface area contributed by atoms with Gasteiger partial charge in [-0.1, -0.05) is 29.3 Å². The summed E-state index contributed by atoms with van der Waals surface area (Å²) >= 11 is 6.00. The molecule has 0 saturated carbocycles. The monoisotopic (exact) mass is 312 g/mol. The molecule has 1 aromatic heterocycles. The number of fused-ring (bicyclic) bond motifs is 1. The number of hydrogen-bond acceptors (Lipinski definition) is 1. The maximum absolute atomic E-state index is 12.4. The number of anilines is 1. The van der Waals surface area contributed by atoms with Gasteiger partial charge in [-0.25, -0.2) is 0 Å². The number of rotatable bonds is 3. The highest BCUT2D eigenvalue weighted by Crippen LogP contribution is 2.24. The Balaban J connectivity index is 1.84. The van der Waals surface area contributed by atoms with Crippen LogP contribution in [0.2, 0.25) is 5.02 Å². The van der Waals surface area contributed by atoms with E-state index in [1.54, 1.807) is 0 Å².